The van der Waals surface area contributed by atoms with Crippen molar-refractivity contribution in [2.24, 2.45) is 0 Å². The Hall–Kier alpha value is -2.93. The Bertz CT molecular complexity index is 855. The van der Waals surface area contributed by atoms with E-state index in [0.29, 0.717) is 22.1 Å². The maximum absolute atomic E-state index is 12.1. The molecule has 3 rings (SSSR count). The summed E-state index contributed by atoms with van der Waals surface area (Å²) >= 11 is 1.28. The molecule has 0 aliphatic carbocycles. The van der Waals surface area contributed by atoms with Crippen molar-refractivity contribution < 1.29 is 14.0 Å². The van der Waals surface area contributed by atoms with E-state index in [9.17, 15) is 9.59 Å². The van der Waals surface area contributed by atoms with Gasteiger partial charge in [0.1, 0.15) is 5.76 Å². The lowest BCUT2D eigenvalue weighted by molar-refractivity contribution is -0.115. The molecule has 0 fully saturated rings. The number of amides is 2. The zero-order valence-electron chi connectivity index (χ0n) is 12.9. The average Bonchev–Trinajstić information content (AvgIpc) is 3.17. The number of anilines is 2. The van der Waals surface area contributed by atoms with Crippen LogP contribution in [0.25, 0.3) is 0 Å². The smallest absolute Gasteiger partial charge is 0.260 e. The van der Waals surface area contributed by atoms with Gasteiger partial charge in [0.25, 0.3) is 5.91 Å². The third kappa shape index (κ3) is 3.88. The first kappa shape index (κ1) is 15.9. The standard InChI is InChI=1S/C17H15N3O3S/c1-11-14(7-8-23-11)16(22)20-17-19-13(10-24-17)9-15(21)18-12-5-3-2-4-6-12/h2-8,10H,9H2,1H3,(H,18,21)(H,19,20,22). The summed E-state index contributed by atoms with van der Waals surface area (Å²) in [5.41, 5.74) is 1.81. The van der Waals surface area contributed by atoms with Crippen molar-refractivity contribution >= 4 is 34.0 Å². The van der Waals surface area contributed by atoms with Gasteiger partial charge in [0.2, 0.25) is 5.91 Å². The molecule has 7 heteroatoms. The van der Waals surface area contributed by atoms with E-state index >= 15 is 0 Å². The molecule has 2 N–H and O–H groups in total. The van der Waals surface area contributed by atoms with Crippen molar-refractivity contribution in [3.05, 3.63) is 65.1 Å². The number of para-hydroxylation sites is 1. The summed E-state index contributed by atoms with van der Waals surface area (Å²) in [7, 11) is 0. The molecule has 1 aromatic carbocycles. The Balaban J connectivity index is 1.58. The number of nitrogens with one attached hydrogen (secondary N) is 2. The Kier molecular flexibility index (Phi) is 4.72. The molecule has 2 heterocycles. The van der Waals surface area contributed by atoms with E-state index in [1.807, 2.05) is 30.3 Å². The predicted octanol–water partition coefficient (Wildman–Crippen LogP) is 3.48. The number of rotatable bonds is 5. The van der Waals surface area contributed by atoms with Gasteiger partial charge in [-0.25, -0.2) is 4.98 Å². The molecule has 24 heavy (non-hydrogen) atoms. The van der Waals surface area contributed by atoms with Crippen LogP contribution in [0.2, 0.25) is 0 Å². The number of hydrogen-bond donors (Lipinski definition) is 2. The molecule has 2 aromatic heterocycles. The van der Waals surface area contributed by atoms with Crippen LogP contribution in [-0.2, 0) is 11.2 Å². The molecular weight excluding hydrogens is 326 g/mol. The van der Waals surface area contributed by atoms with Gasteiger partial charge in [0.05, 0.1) is 23.9 Å². The number of hydrogen-bond acceptors (Lipinski definition) is 5. The molecular formula is C17H15N3O3S. The fourth-order valence-electron chi connectivity index (χ4n) is 2.12. The van der Waals surface area contributed by atoms with Gasteiger partial charge in [-0.2, -0.15) is 0 Å². The summed E-state index contributed by atoms with van der Waals surface area (Å²) in [5.74, 6) is 0.109. The predicted molar refractivity (Wildman–Crippen MR) is 92.3 cm³/mol. The quantitative estimate of drug-likeness (QED) is 0.744. The summed E-state index contributed by atoms with van der Waals surface area (Å²) in [6.45, 7) is 1.72. The first-order chi connectivity index (χ1) is 11.6. The van der Waals surface area contributed by atoms with Crippen LogP contribution in [0.1, 0.15) is 21.8 Å². The zero-order chi connectivity index (χ0) is 16.9. The minimum Gasteiger partial charge on any atom is -0.469 e. The molecule has 122 valence electrons. The van der Waals surface area contributed by atoms with Gasteiger partial charge in [-0.05, 0) is 25.1 Å². The lowest BCUT2D eigenvalue weighted by Crippen LogP contribution is -2.15. The lowest BCUT2D eigenvalue weighted by Gasteiger charge is -2.03. The highest BCUT2D eigenvalue weighted by Crippen LogP contribution is 2.18. The van der Waals surface area contributed by atoms with Crippen molar-refractivity contribution in [3.63, 3.8) is 0 Å². The highest BCUT2D eigenvalue weighted by molar-refractivity contribution is 7.14. The number of aryl methyl sites for hydroxylation is 1. The van der Waals surface area contributed by atoms with Gasteiger partial charge >= 0.3 is 0 Å². The Morgan fingerprint density at radius 2 is 1.96 bits per heavy atom. The fraction of sp³-hybridized carbons (Fsp3) is 0.118. The van der Waals surface area contributed by atoms with Gasteiger partial charge < -0.3 is 9.73 Å². The maximum Gasteiger partial charge on any atom is 0.260 e. The average molecular weight is 341 g/mol. The van der Waals surface area contributed by atoms with Crippen molar-refractivity contribution in [2.75, 3.05) is 10.6 Å². The Morgan fingerprint density at radius 3 is 2.67 bits per heavy atom. The van der Waals surface area contributed by atoms with Crippen molar-refractivity contribution in [3.8, 4) is 0 Å². The van der Waals surface area contributed by atoms with Gasteiger partial charge in [0.15, 0.2) is 5.13 Å². The number of carbonyl (C=O) groups excluding carboxylic acids is 2. The van der Waals surface area contributed by atoms with Crippen LogP contribution in [0.5, 0.6) is 0 Å². The molecule has 3 aromatic rings. The Labute approximate surface area is 142 Å². The van der Waals surface area contributed by atoms with E-state index in [1.165, 1.54) is 17.6 Å². The largest absolute Gasteiger partial charge is 0.469 e. The van der Waals surface area contributed by atoms with Crippen LogP contribution in [0.15, 0.2) is 52.5 Å². The number of thiazole rings is 1. The van der Waals surface area contributed by atoms with Crippen molar-refractivity contribution in [1.29, 1.82) is 0 Å². The second kappa shape index (κ2) is 7.10. The molecule has 0 bridgehead atoms. The van der Waals surface area contributed by atoms with Crippen LogP contribution in [0.3, 0.4) is 0 Å². The summed E-state index contributed by atoms with van der Waals surface area (Å²) in [5, 5.41) is 7.70. The highest BCUT2D eigenvalue weighted by Gasteiger charge is 2.14. The monoisotopic (exact) mass is 341 g/mol. The molecule has 0 spiro atoms. The summed E-state index contributed by atoms with van der Waals surface area (Å²) in [6.07, 6.45) is 1.61. The summed E-state index contributed by atoms with van der Waals surface area (Å²) in [4.78, 5) is 28.3. The third-order valence-electron chi connectivity index (χ3n) is 3.27. The number of benzene rings is 1. The SMILES string of the molecule is Cc1occc1C(=O)Nc1nc(CC(=O)Nc2ccccc2)cs1. The van der Waals surface area contributed by atoms with Crippen LogP contribution in [0, 0.1) is 6.92 Å². The van der Waals surface area contributed by atoms with Gasteiger partial charge in [-0.1, -0.05) is 18.2 Å². The molecule has 0 radical (unpaired) electrons. The van der Waals surface area contributed by atoms with Gasteiger partial charge in [-0.15, -0.1) is 11.3 Å². The molecule has 0 aliphatic rings. The second-order valence-electron chi connectivity index (χ2n) is 5.08. The lowest BCUT2D eigenvalue weighted by atomic mass is 10.2. The second-order valence-corrected chi connectivity index (χ2v) is 5.94. The molecule has 0 unspecified atom stereocenters. The normalized spacial score (nSPS) is 10.4. The maximum atomic E-state index is 12.1. The number of aromatic nitrogens is 1. The third-order valence-corrected chi connectivity index (χ3v) is 4.08. The van der Waals surface area contributed by atoms with Crippen LogP contribution in [-0.4, -0.2) is 16.8 Å². The van der Waals surface area contributed by atoms with Crippen molar-refractivity contribution in [2.45, 2.75) is 13.3 Å². The highest BCUT2D eigenvalue weighted by atomic mass is 32.1. The fourth-order valence-corrected chi connectivity index (χ4v) is 2.83. The van der Waals surface area contributed by atoms with E-state index < -0.39 is 0 Å². The number of nitrogens with zero attached hydrogens (tertiary/aromatic N) is 1. The summed E-state index contributed by atoms with van der Waals surface area (Å²) in [6, 6.07) is 10.8. The van der Waals surface area contributed by atoms with E-state index in [4.69, 9.17) is 4.42 Å². The van der Waals surface area contributed by atoms with Crippen molar-refractivity contribution in [1.82, 2.24) is 4.98 Å². The van der Waals surface area contributed by atoms with E-state index in [1.54, 1.807) is 18.4 Å². The van der Waals surface area contributed by atoms with Crippen LogP contribution in [0.4, 0.5) is 10.8 Å². The van der Waals surface area contributed by atoms with Crippen LogP contribution >= 0.6 is 11.3 Å². The van der Waals surface area contributed by atoms with E-state index in [0.717, 1.165) is 5.69 Å². The minimum absolute atomic E-state index is 0.145. The Morgan fingerprint density at radius 1 is 1.17 bits per heavy atom. The van der Waals surface area contributed by atoms with Gasteiger partial charge in [0, 0.05) is 11.1 Å². The first-order valence-corrected chi connectivity index (χ1v) is 8.14. The summed E-state index contributed by atoms with van der Waals surface area (Å²) < 4.78 is 5.11. The first-order valence-electron chi connectivity index (χ1n) is 7.26. The van der Waals surface area contributed by atoms with E-state index in [-0.39, 0.29) is 18.2 Å². The minimum atomic E-state index is -0.282. The molecule has 6 nitrogen and oxygen atoms in total. The molecule has 0 atom stereocenters. The van der Waals surface area contributed by atoms with Gasteiger partial charge in [-0.3, -0.25) is 14.9 Å². The molecule has 2 amide bonds. The van der Waals surface area contributed by atoms with E-state index in [2.05, 4.69) is 15.6 Å². The molecule has 0 saturated heterocycles. The molecule has 0 aliphatic heterocycles. The zero-order valence-corrected chi connectivity index (χ0v) is 13.7. The molecule has 0 saturated carbocycles. The number of furan rings is 1. The topological polar surface area (TPSA) is 84.2 Å². The van der Waals surface area contributed by atoms with Crippen LogP contribution < -0.4 is 10.6 Å². The number of carbonyl (C=O) groups is 2.